The smallest absolute Gasteiger partial charge is 0.243 e. The molecule has 196 valence electrons. The monoisotopic (exact) mass is 596 g/mol. The SMILES string of the molecule is CC(C)NC(=O)C(Cc1ccccc1)N(Cc1c(Cl)cccc1Cl)C(=O)CSCc1ccc(Cl)cc1Cl. The highest BCUT2D eigenvalue weighted by atomic mass is 35.5. The molecule has 0 spiro atoms. The van der Waals surface area contributed by atoms with Crippen LogP contribution in [0.15, 0.2) is 66.7 Å². The molecule has 1 N–H and O–H groups in total. The van der Waals surface area contributed by atoms with Gasteiger partial charge in [-0.05, 0) is 49.2 Å². The van der Waals surface area contributed by atoms with E-state index < -0.39 is 6.04 Å². The van der Waals surface area contributed by atoms with Crippen molar-refractivity contribution in [3.05, 3.63) is 104 Å². The van der Waals surface area contributed by atoms with Crippen LogP contribution in [0, 0.1) is 0 Å². The van der Waals surface area contributed by atoms with Gasteiger partial charge in [0.05, 0.1) is 5.75 Å². The van der Waals surface area contributed by atoms with Gasteiger partial charge in [0.15, 0.2) is 0 Å². The minimum absolute atomic E-state index is 0.0898. The molecular formula is C28H28Cl4N2O2S. The molecule has 2 amide bonds. The number of thioether (sulfide) groups is 1. The molecule has 0 aliphatic heterocycles. The van der Waals surface area contributed by atoms with E-state index >= 15 is 0 Å². The van der Waals surface area contributed by atoms with Gasteiger partial charge >= 0.3 is 0 Å². The summed E-state index contributed by atoms with van der Waals surface area (Å²) < 4.78 is 0. The first kappa shape index (κ1) is 29.7. The van der Waals surface area contributed by atoms with Crippen molar-refractivity contribution in [2.75, 3.05) is 5.75 Å². The van der Waals surface area contributed by atoms with E-state index in [0.717, 1.165) is 11.1 Å². The Bertz CT molecular complexity index is 1200. The third-order valence-corrected chi connectivity index (χ3v) is 7.85. The average molecular weight is 598 g/mol. The predicted octanol–water partition coefficient (Wildman–Crippen LogP) is 7.70. The molecular weight excluding hydrogens is 570 g/mol. The fourth-order valence-corrected chi connectivity index (χ4v) is 5.74. The molecule has 1 atom stereocenters. The van der Waals surface area contributed by atoms with Crippen LogP contribution in [-0.4, -0.2) is 34.6 Å². The van der Waals surface area contributed by atoms with Crippen LogP contribution in [0.3, 0.4) is 0 Å². The van der Waals surface area contributed by atoms with Crippen LogP contribution in [0.4, 0.5) is 0 Å². The van der Waals surface area contributed by atoms with E-state index in [0.29, 0.717) is 37.8 Å². The maximum Gasteiger partial charge on any atom is 0.243 e. The molecule has 3 rings (SSSR count). The summed E-state index contributed by atoms with van der Waals surface area (Å²) in [5, 5.41) is 4.95. The van der Waals surface area contributed by atoms with Crippen LogP contribution in [0.1, 0.15) is 30.5 Å². The number of amides is 2. The van der Waals surface area contributed by atoms with Crippen LogP contribution < -0.4 is 5.32 Å². The summed E-state index contributed by atoms with van der Waals surface area (Å²) in [7, 11) is 0. The highest BCUT2D eigenvalue weighted by molar-refractivity contribution is 7.99. The number of hydrogen-bond donors (Lipinski definition) is 1. The van der Waals surface area contributed by atoms with E-state index in [4.69, 9.17) is 46.4 Å². The number of carbonyl (C=O) groups excluding carboxylic acids is 2. The van der Waals surface area contributed by atoms with Gasteiger partial charge in [-0.15, -0.1) is 11.8 Å². The third kappa shape index (κ3) is 8.83. The molecule has 0 aromatic heterocycles. The van der Waals surface area contributed by atoms with Gasteiger partial charge in [-0.3, -0.25) is 9.59 Å². The minimum atomic E-state index is -0.760. The molecule has 0 heterocycles. The van der Waals surface area contributed by atoms with Gasteiger partial charge < -0.3 is 10.2 Å². The Morgan fingerprint density at radius 2 is 1.57 bits per heavy atom. The molecule has 0 bridgehead atoms. The van der Waals surface area contributed by atoms with E-state index in [1.807, 2.05) is 50.2 Å². The van der Waals surface area contributed by atoms with Crippen molar-refractivity contribution in [1.29, 1.82) is 0 Å². The van der Waals surface area contributed by atoms with E-state index in [1.54, 1.807) is 35.2 Å². The molecule has 9 heteroatoms. The van der Waals surface area contributed by atoms with E-state index in [2.05, 4.69) is 5.32 Å². The first-order valence-electron chi connectivity index (χ1n) is 11.7. The van der Waals surface area contributed by atoms with Gasteiger partial charge in [0.25, 0.3) is 0 Å². The van der Waals surface area contributed by atoms with E-state index in [1.165, 1.54) is 11.8 Å². The van der Waals surface area contributed by atoms with Crippen LogP contribution in [0.5, 0.6) is 0 Å². The molecule has 3 aromatic carbocycles. The Morgan fingerprint density at radius 3 is 2.19 bits per heavy atom. The van der Waals surface area contributed by atoms with Gasteiger partial charge in [-0.1, -0.05) is 88.9 Å². The van der Waals surface area contributed by atoms with Crippen molar-refractivity contribution >= 4 is 70.0 Å². The van der Waals surface area contributed by atoms with Crippen molar-refractivity contribution < 1.29 is 9.59 Å². The lowest BCUT2D eigenvalue weighted by atomic mass is 10.0. The number of rotatable bonds is 11. The van der Waals surface area contributed by atoms with Gasteiger partial charge in [-0.2, -0.15) is 0 Å². The highest BCUT2D eigenvalue weighted by Gasteiger charge is 2.31. The van der Waals surface area contributed by atoms with Crippen molar-refractivity contribution in [3.63, 3.8) is 0 Å². The van der Waals surface area contributed by atoms with Crippen LogP contribution in [0.2, 0.25) is 20.1 Å². The maximum absolute atomic E-state index is 13.7. The van der Waals surface area contributed by atoms with Crippen molar-refractivity contribution in [3.8, 4) is 0 Å². The Hall–Kier alpha value is -1.89. The fourth-order valence-electron chi connectivity index (χ4n) is 3.76. The molecule has 1 unspecified atom stereocenters. The van der Waals surface area contributed by atoms with Gasteiger partial charge in [0.2, 0.25) is 11.8 Å². The number of carbonyl (C=O) groups is 2. The lowest BCUT2D eigenvalue weighted by molar-refractivity contribution is -0.139. The normalized spacial score (nSPS) is 11.9. The second-order valence-electron chi connectivity index (χ2n) is 8.82. The Kier molecular flexibility index (Phi) is 11.5. The van der Waals surface area contributed by atoms with E-state index in [9.17, 15) is 9.59 Å². The van der Waals surface area contributed by atoms with Crippen LogP contribution in [-0.2, 0) is 28.3 Å². The molecule has 4 nitrogen and oxygen atoms in total. The molecule has 0 radical (unpaired) electrons. The summed E-state index contributed by atoms with van der Waals surface area (Å²) in [5.74, 6) is 0.220. The summed E-state index contributed by atoms with van der Waals surface area (Å²) in [6.45, 7) is 3.88. The molecule has 37 heavy (non-hydrogen) atoms. The van der Waals surface area contributed by atoms with Gasteiger partial charge in [0, 0.05) is 50.4 Å². The standard InChI is InChI=1S/C28H28Cl4N2O2S/c1-18(2)33-28(36)26(13-19-7-4-3-5-8-19)34(15-22-23(30)9-6-10-24(22)31)27(35)17-37-16-20-11-12-21(29)14-25(20)32/h3-12,14,18,26H,13,15-17H2,1-2H3,(H,33,36). The van der Waals surface area contributed by atoms with Gasteiger partial charge in [-0.25, -0.2) is 0 Å². The second kappa shape index (κ2) is 14.3. The van der Waals surface area contributed by atoms with Gasteiger partial charge in [0.1, 0.15) is 6.04 Å². The summed E-state index contributed by atoms with van der Waals surface area (Å²) >= 11 is 26.7. The molecule has 0 saturated carbocycles. The first-order valence-corrected chi connectivity index (χ1v) is 14.4. The quantitative estimate of drug-likeness (QED) is 0.246. The first-order chi connectivity index (χ1) is 17.7. The Morgan fingerprint density at radius 1 is 0.892 bits per heavy atom. The van der Waals surface area contributed by atoms with Crippen molar-refractivity contribution in [2.45, 2.75) is 44.6 Å². The molecule has 0 saturated heterocycles. The average Bonchev–Trinajstić information content (AvgIpc) is 2.84. The maximum atomic E-state index is 13.7. The van der Waals surface area contributed by atoms with E-state index in [-0.39, 0.29) is 30.2 Å². The van der Waals surface area contributed by atoms with Crippen molar-refractivity contribution in [2.24, 2.45) is 0 Å². The zero-order chi connectivity index (χ0) is 26.9. The molecule has 0 fully saturated rings. The van der Waals surface area contributed by atoms with Crippen LogP contribution >= 0.6 is 58.2 Å². The Labute approximate surface area is 242 Å². The molecule has 0 aliphatic rings. The highest BCUT2D eigenvalue weighted by Crippen LogP contribution is 2.29. The molecule has 0 aliphatic carbocycles. The van der Waals surface area contributed by atoms with Crippen LogP contribution in [0.25, 0.3) is 0 Å². The lowest BCUT2D eigenvalue weighted by Crippen LogP contribution is -2.52. The zero-order valence-electron chi connectivity index (χ0n) is 20.5. The summed E-state index contributed by atoms with van der Waals surface area (Å²) in [4.78, 5) is 28.7. The Balaban J connectivity index is 1.90. The third-order valence-electron chi connectivity index (χ3n) is 5.59. The number of halogens is 4. The number of nitrogens with one attached hydrogen (secondary N) is 1. The largest absolute Gasteiger partial charge is 0.352 e. The van der Waals surface area contributed by atoms with Crippen molar-refractivity contribution in [1.82, 2.24) is 10.2 Å². The summed E-state index contributed by atoms with van der Waals surface area (Å²) in [5.41, 5.74) is 2.42. The lowest BCUT2D eigenvalue weighted by Gasteiger charge is -2.32. The zero-order valence-corrected chi connectivity index (χ0v) is 24.4. The number of nitrogens with zero attached hydrogens (tertiary/aromatic N) is 1. The number of hydrogen-bond acceptors (Lipinski definition) is 3. The fraction of sp³-hybridized carbons (Fsp3) is 0.286. The topological polar surface area (TPSA) is 49.4 Å². The summed E-state index contributed by atoms with van der Waals surface area (Å²) in [6, 6.07) is 19.3. The molecule has 3 aromatic rings. The summed E-state index contributed by atoms with van der Waals surface area (Å²) in [6.07, 6.45) is 0.348. The minimum Gasteiger partial charge on any atom is -0.352 e. The number of benzene rings is 3. The predicted molar refractivity (Wildman–Crippen MR) is 157 cm³/mol. The second-order valence-corrected chi connectivity index (χ2v) is 11.5.